The van der Waals surface area contributed by atoms with E-state index in [-0.39, 0.29) is 36.8 Å². The summed E-state index contributed by atoms with van der Waals surface area (Å²) < 4.78 is 70.3. The Morgan fingerprint density at radius 2 is 0.825 bits per heavy atom. The fraction of sp³-hybridized carbons (Fsp3) is 0.806. The minimum Gasteiger partial charge on any atom is -0.458 e. The summed E-state index contributed by atoms with van der Waals surface area (Å²) in [5.74, 6) is -0.398. The molecule has 21 heteroatoms. The molecule has 0 amide bonds. The average Bonchev–Trinajstić information content (AvgIpc) is 3.16. The quantitative estimate of drug-likeness (QED) is 0.0432. The van der Waals surface area contributed by atoms with Crippen LogP contribution >= 0.6 is 0 Å². The van der Waals surface area contributed by atoms with Crippen molar-refractivity contribution in [2.45, 2.75) is 26.4 Å². The normalized spacial score (nSPS) is 11.6. The van der Waals surface area contributed by atoms with Gasteiger partial charge in [-0.2, -0.15) is 0 Å². The highest BCUT2D eigenvalue weighted by Gasteiger charge is 2.19. The summed E-state index contributed by atoms with van der Waals surface area (Å²) in [7, 11) is 0. The molecule has 0 fully saturated rings. The van der Waals surface area contributed by atoms with Gasteiger partial charge >= 0.3 is 5.97 Å². The van der Waals surface area contributed by atoms with Crippen molar-refractivity contribution in [3.05, 3.63) is 38.4 Å². The number of rotatable bonds is 41. The molecule has 0 unspecified atom stereocenters. The standard InChI is InChI=1S/C36H63N3O18/c1-36(2,3)57-35(40)31-56-29-28-55-27-26-54-25-24-53-23-22-52-21-20-51-19-18-50-17-16-49-15-14-48-13-12-47-11-10-46-9-8-45-7-6-37-33-5-4-32(38(41)42)30-34(33)39(43)44/h4-5,30,37H,6-29,31H2,1-3H3. The van der Waals surface area contributed by atoms with Crippen molar-refractivity contribution in [2.24, 2.45) is 0 Å². The van der Waals surface area contributed by atoms with Crippen molar-refractivity contribution in [1.29, 1.82) is 0 Å². The van der Waals surface area contributed by atoms with E-state index in [1.165, 1.54) is 12.1 Å². The Morgan fingerprint density at radius 3 is 1.12 bits per heavy atom. The van der Waals surface area contributed by atoms with Crippen molar-refractivity contribution in [3.63, 3.8) is 0 Å². The first-order chi connectivity index (χ1) is 27.6. The number of nitro benzene ring substituents is 2. The van der Waals surface area contributed by atoms with Gasteiger partial charge in [0.1, 0.15) is 17.9 Å². The number of hydrogen-bond donors (Lipinski definition) is 1. The van der Waals surface area contributed by atoms with Gasteiger partial charge in [0.2, 0.25) is 0 Å². The fourth-order valence-electron chi connectivity index (χ4n) is 4.14. The number of esters is 1. The lowest BCUT2D eigenvalue weighted by Gasteiger charge is -2.19. The van der Waals surface area contributed by atoms with Crippen LogP contribution in [0.4, 0.5) is 17.1 Å². The van der Waals surface area contributed by atoms with Crippen LogP contribution in [0.1, 0.15) is 20.8 Å². The summed E-state index contributed by atoms with van der Waals surface area (Å²) in [6.07, 6.45) is 0. The maximum Gasteiger partial charge on any atom is 0.332 e. The zero-order chi connectivity index (χ0) is 41.7. The number of nitro groups is 2. The number of anilines is 1. The third kappa shape index (κ3) is 33.5. The van der Waals surface area contributed by atoms with E-state index in [0.717, 1.165) is 6.07 Å². The highest BCUT2D eigenvalue weighted by molar-refractivity contribution is 5.71. The third-order valence-electron chi connectivity index (χ3n) is 6.68. The first-order valence-corrected chi connectivity index (χ1v) is 18.9. The maximum atomic E-state index is 11.5. The molecule has 0 spiro atoms. The summed E-state index contributed by atoms with van der Waals surface area (Å²) in [4.78, 5) is 32.1. The predicted molar refractivity (Wildman–Crippen MR) is 204 cm³/mol. The molecule has 0 atom stereocenters. The number of carbonyl (C=O) groups excluding carboxylic acids is 1. The number of carbonyl (C=O) groups is 1. The minimum absolute atomic E-state index is 0.0964. The van der Waals surface area contributed by atoms with Crippen LogP contribution in [0.5, 0.6) is 0 Å². The van der Waals surface area contributed by atoms with Crippen LogP contribution < -0.4 is 5.32 Å². The van der Waals surface area contributed by atoms with E-state index >= 15 is 0 Å². The van der Waals surface area contributed by atoms with Gasteiger partial charge in [-0.05, 0) is 26.8 Å². The first kappa shape index (κ1) is 51.8. The van der Waals surface area contributed by atoms with Gasteiger partial charge in [0.05, 0.1) is 168 Å². The topological polar surface area (TPSA) is 235 Å². The molecule has 0 saturated heterocycles. The molecule has 0 saturated carbocycles. The Labute approximate surface area is 334 Å². The number of non-ortho nitro benzene ring substituents is 1. The number of nitrogens with one attached hydrogen (secondary N) is 1. The Balaban J connectivity index is 1.70. The molecule has 0 bridgehead atoms. The molecule has 1 aromatic carbocycles. The summed E-state index contributed by atoms with van der Waals surface area (Å²) in [6.45, 7) is 15.2. The molecule has 1 aromatic rings. The van der Waals surface area contributed by atoms with Gasteiger partial charge in [-0.15, -0.1) is 0 Å². The maximum absolute atomic E-state index is 11.5. The summed E-state index contributed by atoms with van der Waals surface area (Å²) in [5, 5.41) is 24.8. The molecular formula is C36H63N3O18. The molecule has 0 radical (unpaired) electrons. The van der Waals surface area contributed by atoms with Gasteiger partial charge in [-0.3, -0.25) is 20.2 Å². The predicted octanol–water partition coefficient (Wildman–Crippen LogP) is 2.46. The summed E-state index contributed by atoms with van der Waals surface area (Å²) >= 11 is 0. The molecule has 0 aliphatic carbocycles. The van der Waals surface area contributed by atoms with Gasteiger partial charge in [-0.1, -0.05) is 0 Å². The molecule has 0 aliphatic heterocycles. The van der Waals surface area contributed by atoms with Crippen molar-refractivity contribution >= 4 is 23.0 Å². The second-order valence-electron chi connectivity index (χ2n) is 12.5. The largest absolute Gasteiger partial charge is 0.458 e. The lowest BCUT2D eigenvalue weighted by molar-refractivity contribution is -0.393. The number of benzene rings is 1. The van der Waals surface area contributed by atoms with Crippen molar-refractivity contribution in [2.75, 3.05) is 170 Å². The molecule has 1 rings (SSSR count). The highest BCUT2D eigenvalue weighted by atomic mass is 16.6. The lowest BCUT2D eigenvalue weighted by Crippen LogP contribution is -2.27. The van der Waals surface area contributed by atoms with Crippen LogP contribution in [-0.2, 0) is 66.4 Å². The van der Waals surface area contributed by atoms with E-state index in [2.05, 4.69) is 5.32 Å². The monoisotopic (exact) mass is 825 g/mol. The van der Waals surface area contributed by atoms with Crippen LogP contribution in [0.25, 0.3) is 0 Å². The van der Waals surface area contributed by atoms with E-state index in [0.29, 0.717) is 145 Å². The van der Waals surface area contributed by atoms with Crippen LogP contribution in [0.2, 0.25) is 0 Å². The first-order valence-electron chi connectivity index (χ1n) is 18.9. The SMILES string of the molecule is CC(C)(C)OC(=O)COCCOCCOCCOCCOCCOCCOCCOCCOCCOCCOCCOCCNc1ccc([N+](=O)[O-])cc1[N+](=O)[O-]. The van der Waals surface area contributed by atoms with E-state index < -0.39 is 21.4 Å². The Kier molecular flexibility index (Phi) is 32.7. The zero-order valence-electron chi connectivity index (χ0n) is 33.7. The fourth-order valence-corrected chi connectivity index (χ4v) is 4.14. The second-order valence-corrected chi connectivity index (χ2v) is 12.5. The Bertz CT molecular complexity index is 1160. The van der Waals surface area contributed by atoms with Gasteiger partial charge in [0.15, 0.2) is 0 Å². The molecule has 21 nitrogen and oxygen atoms in total. The molecule has 0 aromatic heterocycles. The second kappa shape index (κ2) is 35.9. The molecule has 330 valence electrons. The van der Waals surface area contributed by atoms with Crippen LogP contribution in [-0.4, -0.2) is 187 Å². The van der Waals surface area contributed by atoms with E-state index in [4.69, 9.17) is 61.6 Å². The Morgan fingerprint density at radius 1 is 0.509 bits per heavy atom. The van der Waals surface area contributed by atoms with E-state index in [1.54, 1.807) is 20.8 Å². The average molecular weight is 826 g/mol. The van der Waals surface area contributed by atoms with Crippen LogP contribution in [0, 0.1) is 20.2 Å². The number of ether oxygens (including phenoxy) is 13. The number of nitrogens with zero attached hydrogens (tertiary/aromatic N) is 2. The highest BCUT2D eigenvalue weighted by Crippen LogP contribution is 2.28. The summed E-state index contributed by atoms with van der Waals surface area (Å²) in [5.41, 5.74) is -1.06. The molecule has 57 heavy (non-hydrogen) atoms. The van der Waals surface area contributed by atoms with Gasteiger partial charge in [0.25, 0.3) is 11.4 Å². The molecular weight excluding hydrogens is 762 g/mol. The van der Waals surface area contributed by atoms with Gasteiger partial charge < -0.3 is 66.9 Å². The molecule has 0 heterocycles. The third-order valence-corrected chi connectivity index (χ3v) is 6.68. The Hall–Kier alpha value is -3.19. The van der Waals surface area contributed by atoms with E-state index in [1.807, 2.05) is 0 Å². The molecule has 0 aliphatic rings. The van der Waals surface area contributed by atoms with Crippen LogP contribution in [0.3, 0.4) is 0 Å². The number of hydrogen-bond acceptors (Lipinski definition) is 19. The van der Waals surface area contributed by atoms with Crippen LogP contribution in [0.15, 0.2) is 18.2 Å². The zero-order valence-corrected chi connectivity index (χ0v) is 33.7. The smallest absolute Gasteiger partial charge is 0.332 e. The minimum atomic E-state index is -0.684. The van der Waals surface area contributed by atoms with Crippen molar-refractivity contribution < 1.29 is 76.2 Å². The van der Waals surface area contributed by atoms with Crippen molar-refractivity contribution in [1.82, 2.24) is 0 Å². The lowest BCUT2D eigenvalue weighted by atomic mass is 10.2. The van der Waals surface area contributed by atoms with Crippen molar-refractivity contribution in [3.8, 4) is 0 Å². The van der Waals surface area contributed by atoms with Gasteiger partial charge in [0, 0.05) is 12.6 Å². The summed E-state index contributed by atoms with van der Waals surface area (Å²) in [6, 6.07) is 3.42. The molecule has 1 N–H and O–H groups in total. The van der Waals surface area contributed by atoms with Gasteiger partial charge in [-0.25, -0.2) is 4.79 Å². The van der Waals surface area contributed by atoms with E-state index in [9.17, 15) is 25.0 Å².